The van der Waals surface area contributed by atoms with Crippen molar-refractivity contribution in [2.75, 3.05) is 0 Å². The molecule has 0 fully saturated rings. The number of alkyl halides is 2. The third-order valence-electron chi connectivity index (χ3n) is 3.16. The first-order valence-corrected chi connectivity index (χ1v) is 6.87. The molecule has 1 amide bonds. The number of carbonyl (C=O) groups is 1. The Labute approximate surface area is 123 Å². The van der Waals surface area contributed by atoms with Crippen LogP contribution in [0.2, 0.25) is 0 Å². The molecule has 118 valence electrons. The highest BCUT2D eigenvalue weighted by Gasteiger charge is 2.27. The monoisotopic (exact) mass is 300 g/mol. The van der Waals surface area contributed by atoms with Crippen molar-refractivity contribution in [3.8, 4) is 5.75 Å². The van der Waals surface area contributed by atoms with Gasteiger partial charge in [-0.25, -0.2) is 0 Å². The molecular weight excluding hydrogens is 278 g/mol. The van der Waals surface area contributed by atoms with E-state index in [9.17, 15) is 13.6 Å². The number of carbonyl (C=O) groups excluding carboxylic acids is 1. The van der Waals surface area contributed by atoms with E-state index in [4.69, 9.17) is 5.73 Å². The fourth-order valence-electron chi connectivity index (χ4n) is 2.07. The fraction of sp³-hybridized carbons (Fsp3) is 0.533. The number of halogens is 2. The molecule has 21 heavy (non-hydrogen) atoms. The first kappa shape index (κ1) is 17.4. The molecule has 1 aromatic rings. The second-order valence-electron chi connectivity index (χ2n) is 5.34. The quantitative estimate of drug-likeness (QED) is 0.814. The number of hydrogen-bond acceptors (Lipinski definition) is 3. The van der Waals surface area contributed by atoms with Crippen LogP contribution in [0.3, 0.4) is 0 Å². The number of rotatable bonds is 7. The van der Waals surface area contributed by atoms with Gasteiger partial charge in [0.15, 0.2) is 0 Å². The van der Waals surface area contributed by atoms with Crippen LogP contribution in [0.15, 0.2) is 18.2 Å². The van der Waals surface area contributed by atoms with Gasteiger partial charge >= 0.3 is 6.61 Å². The molecule has 0 heterocycles. The molecule has 3 N–H and O–H groups in total. The summed E-state index contributed by atoms with van der Waals surface area (Å²) >= 11 is 0. The number of ether oxygens (including phenoxy) is 1. The van der Waals surface area contributed by atoms with Crippen LogP contribution in [0, 0.1) is 6.92 Å². The predicted octanol–water partition coefficient (Wildman–Crippen LogP) is 2.73. The number of nitrogens with one attached hydrogen (secondary N) is 1. The normalized spacial score (nSPS) is 13.9. The maximum absolute atomic E-state index is 12.4. The van der Waals surface area contributed by atoms with Gasteiger partial charge in [0.2, 0.25) is 5.91 Å². The Bertz CT molecular complexity index is 491. The van der Waals surface area contributed by atoms with Gasteiger partial charge in [-0.05, 0) is 26.3 Å². The molecule has 0 aliphatic heterocycles. The average Bonchev–Trinajstić information content (AvgIpc) is 2.38. The lowest BCUT2D eigenvalue weighted by molar-refractivity contribution is -0.126. The number of benzene rings is 1. The summed E-state index contributed by atoms with van der Waals surface area (Å²) in [4.78, 5) is 12.0. The van der Waals surface area contributed by atoms with Crippen molar-refractivity contribution < 1.29 is 18.3 Å². The third-order valence-corrected chi connectivity index (χ3v) is 3.16. The average molecular weight is 300 g/mol. The molecule has 0 bridgehead atoms. The zero-order valence-electron chi connectivity index (χ0n) is 12.6. The fourth-order valence-corrected chi connectivity index (χ4v) is 2.07. The van der Waals surface area contributed by atoms with E-state index < -0.39 is 12.2 Å². The number of aryl methyl sites for hydroxylation is 1. The Morgan fingerprint density at radius 1 is 1.48 bits per heavy atom. The zero-order valence-corrected chi connectivity index (χ0v) is 12.6. The van der Waals surface area contributed by atoms with E-state index in [1.54, 1.807) is 19.1 Å². The predicted molar refractivity (Wildman–Crippen MR) is 77.2 cm³/mol. The van der Waals surface area contributed by atoms with Crippen LogP contribution >= 0.6 is 0 Å². The van der Waals surface area contributed by atoms with Crippen molar-refractivity contribution in [2.24, 2.45) is 5.73 Å². The molecule has 0 spiro atoms. The molecule has 0 aliphatic carbocycles. The van der Waals surface area contributed by atoms with E-state index >= 15 is 0 Å². The lowest BCUT2D eigenvalue weighted by atomic mass is 9.96. The Morgan fingerprint density at radius 3 is 2.71 bits per heavy atom. The van der Waals surface area contributed by atoms with Gasteiger partial charge in [0.1, 0.15) is 5.75 Å². The first-order chi connectivity index (χ1) is 9.76. The highest BCUT2D eigenvalue weighted by atomic mass is 19.3. The third kappa shape index (κ3) is 5.30. The molecule has 1 atom stereocenters. The first-order valence-electron chi connectivity index (χ1n) is 6.87. The van der Waals surface area contributed by atoms with Gasteiger partial charge in [-0.2, -0.15) is 8.78 Å². The second kappa shape index (κ2) is 7.36. The molecule has 0 radical (unpaired) electrons. The van der Waals surface area contributed by atoms with Gasteiger partial charge in [0, 0.05) is 12.1 Å². The Hall–Kier alpha value is -1.69. The Kier molecular flexibility index (Phi) is 6.08. The van der Waals surface area contributed by atoms with Crippen molar-refractivity contribution in [3.05, 3.63) is 29.3 Å². The van der Waals surface area contributed by atoms with Crippen molar-refractivity contribution in [2.45, 2.75) is 52.3 Å². The van der Waals surface area contributed by atoms with Crippen LogP contribution in [-0.2, 0) is 11.3 Å². The summed E-state index contributed by atoms with van der Waals surface area (Å²) in [5, 5.41) is 2.68. The summed E-state index contributed by atoms with van der Waals surface area (Å²) < 4.78 is 29.2. The number of nitrogens with two attached hydrogens (primary N) is 1. The summed E-state index contributed by atoms with van der Waals surface area (Å²) in [5.74, 6) is -0.251. The molecule has 0 saturated heterocycles. The maximum atomic E-state index is 12.4. The van der Waals surface area contributed by atoms with Gasteiger partial charge in [-0.15, -0.1) is 0 Å². The van der Waals surface area contributed by atoms with E-state index in [1.807, 2.05) is 13.8 Å². The van der Waals surface area contributed by atoms with Gasteiger partial charge in [0.05, 0.1) is 5.54 Å². The minimum Gasteiger partial charge on any atom is -0.434 e. The minimum atomic E-state index is -2.90. The summed E-state index contributed by atoms with van der Waals surface area (Å²) in [6.07, 6.45) is 1.33. The number of amides is 1. The molecule has 6 heteroatoms. The lowest BCUT2D eigenvalue weighted by Gasteiger charge is -2.23. The Morgan fingerprint density at radius 2 is 2.14 bits per heavy atom. The molecular formula is C15H22F2N2O2. The molecule has 1 unspecified atom stereocenters. The van der Waals surface area contributed by atoms with E-state index in [2.05, 4.69) is 10.1 Å². The summed E-state index contributed by atoms with van der Waals surface area (Å²) in [7, 11) is 0. The van der Waals surface area contributed by atoms with Crippen molar-refractivity contribution in [1.82, 2.24) is 5.32 Å². The van der Waals surface area contributed by atoms with Crippen molar-refractivity contribution in [3.63, 3.8) is 0 Å². The van der Waals surface area contributed by atoms with Crippen molar-refractivity contribution >= 4 is 5.91 Å². The van der Waals surface area contributed by atoms with Gasteiger partial charge in [-0.1, -0.05) is 31.0 Å². The Balaban J connectivity index is 2.78. The summed E-state index contributed by atoms with van der Waals surface area (Å²) in [6.45, 7) is 2.62. The lowest BCUT2D eigenvalue weighted by Crippen LogP contribution is -2.51. The van der Waals surface area contributed by atoms with E-state index in [1.165, 1.54) is 6.07 Å². The van der Waals surface area contributed by atoms with Crippen molar-refractivity contribution in [1.29, 1.82) is 0 Å². The summed E-state index contributed by atoms with van der Waals surface area (Å²) in [6, 6.07) is 4.84. The molecule has 0 saturated carbocycles. The standard InChI is InChI=1S/C15H22F2N2O2/c1-4-7-15(3,18)13(20)19-9-11-8-10(2)5-6-12(11)21-14(16)17/h5-6,8,14H,4,7,9,18H2,1-3H3,(H,19,20). The second-order valence-corrected chi connectivity index (χ2v) is 5.34. The highest BCUT2D eigenvalue weighted by molar-refractivity contribution is 5.85. The van der Waals surface area contributed by atoms with Crippen LogP contribution in [0.5, 0.6) is 5.75 Å². The zero-order chi connectivity index (χ0) is 16.0. The minimum absolute atomic E-state index is 0.0603. The van der Waals surface area contributed by atoms with E-state index in [-0.39, 0.29) is 18.2 Å². The SMILES string of the molecule is CCCC(C)(N)C(=O)NCc1cc(C)ccc1OC(F)F. The van der Waals surface area contributed by atoms with Gasteiger partial charge in [-0.3, -0.25) is 4.79 Å². The largest absolute Gasteiger partial charge is 0.434 e. The molecule has 1 aromatic carbocycles. The molecule has 1 rings (SSSR count). The van der Waals surface area contributed by atoms with Gasteiger partial charge < -0.3 is 15.8 Å². The van der Waals surface area contributed by atoms with E-state index in [0.29, 0.717) is 12.0 Å². The molecule has 0 aliphatic rings. The highest BCUT2D eigenvalue weighted by Crippen LogP contribution is 2.22. The van der Waals surface area contributed by atoms with Crippen LogP contribution in [0.25, 0.3) is 0 Å². The summed E-state index contributed by atoms with van der Waals surface area (Å²) in [5.41, 5.74) is 6.34. The van der Waals surface area contributed by atoms with E-state index in [0.717, 1.165) is 12.0 Å². The number of hydrogen-bond donors (Lipinski definition) is 2. The molecule has 0 aromatic heterocycles. The smallest absolute Gasteiger partial charge is 0.387 e. The van der Waals surface area contributed by atoms with Crippen LogP contribution in [0.1, 0.15) is 37.8 Å². The van der Waals surface area contributed by atoms with Crippen LogP contribution in [0.4, 0.5) is 8.78 Å². The molecule has 4 nitrogen and oxygen atoms in total. The van der Waals surface area contributed by atoms with Gasteiger partial charge in [0.25, 0.3) is 0 Å². The van der Waals surface area contributed by atoms with Crippen LogP contribution in [-0.4, -0.2) is 18.1 Å². The van der Waals surface area contributed by atoms with Crippen LogP contribution < -0.4 is 15.8 Å². The maximum Gasteiger partial charge on any atom is 0.387 e. The topological polar surface area (TPSA) is 64.4 Å².